The Morgan fingerprint density at radius 2 is 1.95 bits per heavy atom. The number of hydrogen-bond donors (Lipinski definition) is 1. The number of anilines is 1. The molecule has 0 bridgehead atoms. The van der Waals surface area contributed by atoms with E-state index in [0.717, 1.165) is 44.4 Å². The number of aromatic nitrogens is 2. The second-order valence-electron chi connectivity index (χ2n) is 6.14. The fourth-order valence-electron chi connectivity index (χ4n) is 3.10. The summed E-state index contributed by atoms with van der Waals surface area (Å²) in [6.07, 6.45) is 7.43. The molecule has 5 nitrogen and oxygen atoms in total. The van der Waals surface area contributed by atoms with Crippen molar-refractivity contribution in [2.75, 3.05) is 31.1 Å². The SMILES string of the molecule is CC1(c2nc(N3CCCCCC3)no2)CCCNC1. The van der Waals surface area contributed by atoms with Gasteiger partial charge in [0.05, 0.1) is 5.41 Å². The molecule has 5 heteroatoms. The van der Waals surface area contributed by atoms with Crippen LogP contribution in [0.15, 0.2) is 4.52 Å². The van der Waals surface area contributed by atoms with Crippen LogP contribution in [0.25, 0.3) is 0 Å². The molecule has 2 saturated heterocycles. The summed E-state index contributed by atoms with van der Waals surface area (Å²) < 4.78 is 5.56. The molecule has 2 aliphatic rings. The van der Waals surface area contributed by atoms with Crippen molar-refractivity contribution in [3.05, 3.63) is 5.89 Å². The minimum Gasteiger partial charge on any atom is -0.338 e. The molecule has 0 amide bonds. The normalized spacial score (nSPS) is 29.2. The van der Waals surface area contributed by atoms with Crippen molar-refractivity contribution in [3.8, 4) is 0 Å². The van der Waals surface area contributed by atoms with Crippen LogP contribution in [-0.4, -0.2) is 36.3 Å². The summed E-state index contributed by atoms with van der Waals surface area (Å²) in [6, 6.07) is 0. The van der Waals surface area contributed by atoms with Gasteiger partial charge in [-0.3, -0.25) is 0 Å². The Morgan fingerprint density at radius 3 is 2.63 bits per heavy atom. The number of nitrogens with one attached hydrogen (secondary N) is 1. The summed E-state index contributed by atoms with van der Waals surface area (Å²) in [6.45, 7) is 6.39. The van der Waals surface area contributed by atoms with Gasteiger partial charge in [0.1, 0.15) is 0 Å². The Hall–Kier alpha value is -1.10. The standard InChI is InChI=1S/C14H24N4O/c1-14(7-6-8-15-11-14)12-16-13(17-19-12)18-9-4-2-3-5-10-18/h15H,2-11H2,1H3. The lowest BCUT2D eigenvalue weighted by molar-refractivity contribution is 0.245. The second-order valence-corrected chi connectivity index (χ2v) is 6.14. The molecule has 1 N–H and O–H groups in total. The van der Waals surface area contributed by atoms with E-state index in [1.807, 2.05) is 0 Å². The van der Waals surface area contributed by atoms with Crippen LogP contribution in [0.2, 0.25) is 0 Å². The Morgan fingerprint density at radius 1 is 1.16 bits per heavy atom. The monoisotopic (exact) mass is 264 g/mol. The summed E-state index contributed by atoms with van der Waals surface area (Å²) in [5.74, 6) is 1.60. The van der Waals surface area contributed by atoms with Crippen LogP contribution in [0.3, 0.4) is 0 Å². The Kier molecular flexibility index (Phi) is 3.73. The largest absolute Gasteiger partial charge is 0.338 e. The van der Waals surface area contributed by atoms with Gasteiger partial charge in [-0.05, 0) is 44.3 Å². The summed E-state index contributed by atoms with van der Waals surface area (Å²) >= 11 is 0. The van der Waals surface area contributed by atoms with E-state index in [0.29, 0.717) is 0 Å². The summed E-state index contributed by atoms with van der Waals surface area (Å²) in [4.78, 5) is 6.96. The first-order valence-electron chi connectivity index (χ1n) is 7.58. The Balaban J connectivity index is 1.74. The van der Waals surface area contributed by atoms with Crippen LogP contribution >= 0.6 is 0 Å². The maximum Gasteiger partial charge on any atom is 0.266 e. The number of hydrogen-bond acceptors (Lipinski definition) is 5. The molecule has 106 valence electrons. The third kappa shape index (κ3) is 2.76. The zero-order valence-electron chi connectivity index (χ0n) is 11.8. The van der Waals surface area contributed by atoms with Crippen LogP contribution in [0.1, 0.15) is 51.3 Å². The molecule has 0 aromatic carbocycles. The van der Waals surface area contributed by atoms with Gasteiger partial charge in [0.25, 0.3) is 5.95 Å². The minimum atomic E-state index is 0.00928. The van der Waals surface area contributed by atoms with Gasteiger partial charge in [0, 0.05) is 19.6 Å². The lowest BCUT2D eigenvalue weighted by atomic mass is 9.83. The summed E-state index contributed by atoms with van der Waals surface area (Å²) in [5.41, 5.74) is 0.00928. The topological polar surface area (TPSA) is 54.2 Å². The van der Waals surface area contributed by atoms with E-state index in [4.69, 9.17) is 4.52 Å². The van der Waals surface area contributed by atoms with E-state index in [1.165, 1.54) is 32.1 Å². The molecule has 2 fully saturated rings. The zero-order valence-corrected chi connectivity index (χ0v) is 11.8. The van der Waals surface area contributed by atoms with Crippen molar-refractivity contribution in [2.24, 2.45) is 0 Å². The summed E-state index contributed by atoms with van der Waals surface area (Å²) in [7, 11) is 0. The lowest BCUT2D eigenvalue weighted by Crippen LogP contribution is -2.41. The first-order valence-corrected chi connectivity index (χ1v) is 7.58. The highest BCUT2D eigenvalue weighted by atomic mass is 16.5. The molecule has 1 atom stereocenters. The predicted molar refractivity (Wildman–Crippen MR) is 74.4 cm³/mol. The molecule has 1 unspecified atom stereocenters. The van der Waals surface area contributed by atoms with E-state index < -0.39 is 0 Å². The molecule has 0 saturated carbocycles. The van der Waals surface area contributed by atoms with E-state index in [9.17, 15) is 0 Å². The van der Waals surface area contributed by atoms with E-state index in [-0.39, 0.29) is 5.41 Å². The minimum absolute atomic E-state index is 0.00928. The molecule has 3 rings (SSSR count). The highest BCUT2D eigenvalue weighted by molar-refractivity contribution is 5.29. The number of rotatable bonds is 2. The van der Waals surface area contributed by atoms with Crippen molar-refractivity contribution in [1.29, 1.82) is 0 Å². The quantitative estimate of drug-likeness (QED) is 0.886. The van der Waals surface area contributed by atoms with Crippen molar-refractivity contribution < 1.29 is 4.52 Å². The summed E-state index contributed by atoms with van der Waals surface area (Å²) in [5, 5.41) is 7.65. The Bertz CT molecular complexity index is 403. The zero-order chi connectivity index (χ0) is 13.1. The van der Waals surface area contributed by atoms with Crippen molar-refractivity contribution in [2.45, 2.75) is 50.9 Å². The number of nitrogens with zero attached hydrogens (tertiary/aromatic N) is 3. The Labute approximate surface area is 114 Å². The van der Waals surface area contributed by atoms with Crippen LogP contribution in [0, 0.1) is 0 Å². The lowest BCUT2D eigenvalue weighted by Gasteiger charge is -2.30. The molecule has 19 heavy (non-hydrogen) atoms. The van der Waals surface area contributed by atoms with E-state index in [2.05, 4.69) is 27.3 Å². The first-order chi connectivity index (χ1) is 9.28. The third-order valence-electron chi connectivity index (χ3n) is 4.42. The molecular weight excluding hydrogens is 240 g/mol. The molecule has 1 aromatic rings. The van der Waals surface area contributed by atoms with Gasteiger partial charge in [-0.2, -0.15) is 4.98 Å². The maximum absolute atomic E-state index is 5.56. The molecule has 0 radical (unpaired) electrons. The van der Waals surface area contributed by atoms with Crippen LogP contribution in [-0.2, 0) is 5.41 Å². The van der Waals surface area contributed by atoms with Crippen LogP contribution in [0.4, 0.5) is 5.95 Å². The van der Waals surface area contributed by atoms with Gasteiger partial charge in [-0.15, -0.1) is 0 Å². The smallest absolute Gasteiger partial charge is 0.266 e. The average Bonchev–Trinajstić information content (AvgIpc) is 2.77. The van der Waals surface area contributed by atoms with Crippen molar-refractivity contribution >= 4 is 5.95 Å². The predicted octanol–water partition coefficient (Wildman–Crippen LogP) is 2.09. The van der Waals surface area contributed by atoms with Gasteiger partial charge in [-0.25, -0.2) is 0 Å². The molecule has 3 heterocycles. The number of piperidine rings is 1. The van der Waals surface area contributed by atoms with Gasteiger partial charge < -0.3 is 14.7 Å². The maximum atomic E-state index is 5.56. The van der Waals surface area contributed by atoms with Crippen molar-refractivity contribution in [3.63, 3.8) is 0 Å². The molecule has 0 spiro atoms. The molecule has 1 aromatic heterocycles. The highest BCUT2D eigenvalue weighted by Crippen LogP contribution is 2.30. The van der Waals surface area contributed by atoms with Crippen LogP contribution < -0.4 is 10.2 Å². The van der Waals surface area contributed by atoms with Crippen molar-refractivity contribution in [1.82, 2.24) is 15.5 Å². The fourth-order valence-corrected chi connectivity index (χ4v) is 3.10. The molecular formula is C14H24N4O. The fraction of sp³-hybridized carbons (Fsp3) is 0.857. The molecule has 2 aliphatic heterocycles. The second kappa shape index (κ2) is 5.49. The van der Waals surface area contributed by atoms with Gasteiger partial charge in [0.15, 0.2) is 0 Å². The van der Waals surface area contributed by atoms with Gasteiger partial charge in [-0.1, -0.05) is 12.8 Å². The van der Waals surface area contributed by atoms with E-state index >= 15 is 0 Å². The third-order valence-corrected chi connectivity index (χ3v) is 4.42. The average molecular weight is 264 g/mol. The first kappa shape index (κ1) is 12.9. The van der Waals surface area contributed by atoms with E-state index in [1.54, 1.807) is 0 Å². The highest BCUT2D eigenvalue weighted by Gasteiger charge is 2.35. The van der Waals surface area contributed by atoms with Crippen LogP contribution in [0.5, 0.6) is 0 Å². The molecule has 0 aliphatic carbocycles. The van der Waals surface area contributed by atoms with Gasteiger partial charge >= 0.3 is 0 Å². The van der Waals surface area contributed by atoms with Gasteiger partial charge in [0.2, 0.25) is 5.89 Å².